The zero-order chi connectivity index (χ0) is 15.1. The van der Waals surface area contributed by atoms with E-state index >= 15 is 0 Å². The van der Waals surface area contributed by atoms with E-state index in [0.29, 0.717) is 17.1 Å². The molecule has 1 aliphatic heterocycles. The number of nitrogens with one attached hydrogen (secondary N) is 1. The molecule has 0 radical (unpaired) electrons. The van der Waals surface area contributed by atoms with Gasteiger partial charge in [-0.05, 0) is 25.1 Å². The van der Waals surface area contributed by atoms with Gasteiger partial charge in [0, 0.05) is 5.56 Å². The van der Waals surface area contributed by atoms with Gasteiger partial charge in [-0.25, -0.2) is 0 Å². The van der Waals surface area contributed by atoms with Crippen molar-refractivity contribution in [1.29, 1.82) is 0 Å². The molecule has 1 aliphatic rings. The van der Waals surface area contributed by atoms with E-state index in [2.05, 4.69) is 5.32 Å². The molecule has 1 aromatic carbocycles. The van der Waals surface area contributed by atoms with E-state index in [1.807, 2.05) is 30.5 Å². The molecular formula is C11H17B4NO4. The molecule has 0 spiro atoms. The smallest absolute Gasteiger partial charge is 0.310 e. The zero-order valence-electron chi connectivity index (χ0n) is 12.5. The van der Waals surface area contributed by atoms with E-state index in [-0.39, 0.29) is 17.1 Å². The van der Waals surface area contributed by atoms with Crippen LogP contribution in [0.5, 0.6) is 11.5 Å². The summed E-state index contributed by atoms with van der Waals surface area (Å²) in [5, 5.41) is 12.8. The Morgan fingerprint density at radius 3 is 2.55 bits per heavy atom. The first kappa shape index (κ1) is 15.1. The Bertz CT molecular complexity index is 544. The monoisotopic (exact) mass is 271 g/mol. The molecule has 2 rings (SSSR count). The SMILES string of the molecule is BC(B)(B)N[C@@H](C)C(=O)c1ccc2c(c1)OC(B)(O)O2. The summed E-state index contributed by atoms with van der Waals surface area (Å²) in [5.74, 6) is -0.885. The molecule has 0 aromatic heterocycles. The number of hydrogen-bond donors (Lipinski definition) is 2. The molecule has 102 valence electrons. The molecule has 2 N–H and O–H groups in total. The summed E-state index contributed by atoms with van der Waals surface area (Å²) < 4.78 is 10.4. The van der Waals surface area contributed by atoms with Gasteiger partial charge in [-0.2, -0.15) is 0 Å². The van der Waals surface area contributed by atoms with Crippen molar-refractivity contribution in [3.8, 4) is 11.5 Å². The van der Waals surface area contributed by atoms with Crippen molar-refractivity contribution >= 4 is 37.2 Å². The first-order chi connectivity index (χ1) is 9.07. The van der Waals surface area contributed by atoms with E-state index in [1.165, 1.54) is 7.85 Å². The second kappa shape index (κ2) is 4.90. The number of fused-ring (bicyclic) bond motifs is 1. The maximum atomic E-state index is 12.4. The van der Waals surface area contributed by atoms with Crippen molar-refractivity contribution in [2.24, 2.45) is 0 Å². The molecule has 0 amide bonds. The number of carbonyl (C=O) groups is 1. The van der Waals surface area contributed by atoms with Crippen LogP contribution < -0.4 is 14.8 Å². The van der Waals surface area contributed by atoms with Crippen LogP contribution in [0.1, 0.15) is 17.3 Å². The Kier molecular flexibility index (Phi) is 3.69. The average molecular weight is 271 g/mol. The molecule has 0 saturated carbocycles. The van der Waals surface area contributed by atoms with Crippen molar-refractivity contribution in [3.63, 3.8) is 0 Å². The standard InChI is InChI=1S/C11H17B4NO4/c1-5(16-10(12,13)14)9(17)6-2-3-7-8(4-6)20-11(15,18)19-7/h2-5,16,18H,12-15H2,1H3/t5-,11?/m0/s1. The molecule has 0 fully saturated rings. The Labute approximate surface area is 122 Å². The third-order valence-corrected chi connectivity index (χ3v) is 2.87. The minimum Gasteiger partial charge on any atom is -0.435 e. The first-order valence-electron chi connectivity index (χ1n) is 6.64. The van der Waals surface area contributed by atoms with E-state index in [1.54, 1.807) is 18.2 Å². The highest BCUT2D eigenvalue weighted by atomic mass is 16.8. The van der Waals surface area contributed by atoms with Crippen LogP contribution >= 0.6 is 0 Å². The molecule has 20 heavy (non-hydrogen) atoms. The minimum absolute atomic E-state index is 0.0298. The van der Waals surface area contributed by atoms with Gasteiger partial charge in [0.25, 0.3) is 7.85 Å². The van der Waals surface area contributed by atoms with Crippen molar-refractivity contribution < 1.29 is 19.4 Å². The van der Waals surface area contributed by atoms with Crippen LogP contribution in [-0.2, 0) is 0 Å². The predicted molar refractivity (Wildman–Crippen MR) is 86.5 cm³/mol. The van der Waals surface area contributed by atoms with Gasteiger partial charge in [-0.15, -0.1) is 0 Å². The van der Waals surface area contributed by atoms with Gasteiger partial charge in [-0.3, -0.25) is 4.79 Å². The van der Waals surface area contributed by atoms with Crippen molar-refractivity contribution in [3.05, 3.63) is 23.8 Å². The van der Waals surface area contributed by atoms with Crippen LogP contribution in [0.4, 0.5) is 0 Å². The molecule has 5 nitrogen and oxygen atoms in total. The highest BCUT2D eigenvalue weighted by Gasteiger charge is 2.34. The van der Waals surface area contributed by atoms with Crippen LogP contribution in [0, 0.1) is 0 Å². The third kappa shape index (κ3) is 3.41. The van der Waals surface area contributed by atoms with Crippen LogP contribution in [0.3, 0.4) is 0 Å². The Morgan fingerprint density at radius 1 is 1.35 bits per heavy atom. The van der Waals surface area contributed by atoms with Gasteiger partial charge in [0.05, 0.1) is 6.04 Å². The largest absolute Gasteiger partial charge is 0.435 e. The fraction of sp³-hybridized carbons (Fsp3) is 0.364. The lowest BCUT2D eigenvalue weighted by Crippen LogP contribution is -2.53. The predicted octanol–water partition coefficient (Wildman–Crippen LogP) is -3.63. The quantitative estimate of drug-likeness (QED) is 0.437. The third-order valence-electron chi connectivity index (χ3n) is 2.87. The van der Waals surface area contributed by atoms with Gasteiger partial charge >= 0.3 is 5.87 Å². The molecule has 1 heterocycles. The normalized spacial score (nSPS) is 22.5. The number of hydrogen-bond acceptors (Lipinski definition) is 5. The Hall–Kier alpha value is -1.33. The lowest BCUT2D eigenvalue weighted by atomic mass is 9.49. The first-order valence-corrected chi connectivity index (χ1v) is 6.64. The summed E-state index contributed by atoms with van der Waals surface area (Å²) in [6.07, 6.45) is 0. The second-order valence-corrected chi connectivity index (χ2v) is 6.24. The van der Waals surface area contributed by atoms with Crippen LogP contribution in [-0.4, -0.2) is 59.4 Å². The van der Waals surface area contributed by atoms with E-state index in [9.17, 15) is 9.90 Å². The summed E-state index contributed by atoms with van der Waals surface area (Å²) in [7, 11) is 7.42. The summed E-state index contributed by atoms with van der Waals surface area (Å²) in [4.78, 5) is 12.4. The zero-order valence-corrected chi connectivity index (χ0v) is 12.5. The van der Waals surface area contributed by atoms with Crippen molar-refractivity contribution in [2.45, 2.75) is 24.1 Å². The highest BCUT2D eigenvalue weighted by molar-refractivity contribution is 6.59. The molecule has 2 atom stereocenters. The lowest BCUT2D eigenvalue weighted by molar-refractivity contribution is -0.178. The van der Waals surface area contributed by atoms with Gasteiger partial charge in [0.1, 0.15) is 23.5 Å². The molecule has 0 bridgehead atoms. The molecule has 0 saturated heterocycles. The number of ketones is 1. The summed E-state index contributed by atoms with van der Waals surface area (Å²) in [5.41, 5.74) is 0.523. The Balaban J connectivity index is 2.17. The minimum atomic E-state index is -1.67. The maximum Gasteiger partial charge on any atom is 0.310 e. The Morgan fingerprint density at radius 2 is 1.95 bits per heavy atom. The average Bonchev–Trinajstić information content (AvgIpc) is 2.58. The highest BCUT2D eigenvalue weighted by Crippen LogP contribution is 2.37. The number of rotatable bonds is 4. The summed E-state index contributed by atoms with van der Waals surface area (Å²) >= 11 is 0. The molecule has 0 aliphatic carbocycles. The van der Waals surface area contributed by atoms with Gasteiger partial charge in [0.15, 0.2) is 17.3 Å². The topological polar surface area (TPSA) is 67.8 Å². The lowest BCUT2D eigenvalue weighted by Gasteiger charge is -2.25. The fourth-order valence-corrected chi connectivity index (χ4v) is 2.22. The van der Waals surface area contributed by atoms with E-state index in [0.717, 1.165) is 0 Å². The summed E-state index contributed by atoms with van der Waals surface area (Å²) in [6.45, 7) is 1.83. The van der Waals surface area contributed by atoms with Crippen molar-refractivity contribution in [2.75, 3.05) is 0 Å². The molecular weight excluding hydrogens is 253 g/mol. The fourth-order valence-electron chi connectivity index (χ4n) is 2.22. The molecule has 9 heteroatoms. The number of aliphatic hydroxyl groups is 1. The maximum absolute atomic E-state index is 12.4. The van der Waals surface area contributed by atoms with E-state index < -0.39 is 5.87 Å². The van der Waals surface area contributed by atoms with Crippen LogP contribution in [0.25, 0.3) is 0 Å². The molecule has 1 unspecified atom stereocenters. The van der Waals surface area contributed by atoms with Gasteiger partial charge in [-0.1, -0.05) is 5.24 Å². The van der Waals surface area contributed by atoms with Gasteiger partial charge < -0.3 is 19.9 Å². The second-order valence-electron chi connectivity index (χ2n) is 6.24. The number of benzene rings is 1. The molecule has 1 aromatic rings. The van der Waals surface area contributed by atoms with Crippen molar-refractivity contribution in [1.82, 2.24) is 5.32 Å². The van der Waals surface area contributed by atoms with Crippen LogP contribution in [0.2, 0.25) is 0 Å². The van der Waals surface area contributed by atoms with Crippen LogP contribution in [0.15, 0.2) is 18.2 Å². The summed E-state index contributed by atoms with van der Waals surface area (Å²) in [6, 6.07) is 4.59. The number of carbonyl (C=O) groups excluding carboxylic acids is 1. The number of ether oxygens (including phenoxy) is 2. The van der Waals surface area contributed by atoms with E-state index in [4.69, 9.17) is 9.47 Å². The van der Waals surface area contributed by atoms with Gasteiger partial charge in [0.2, 0.25) is 0 Å². The number of Topliss-reactive ketones (excluding diaryl/α,β-unsaturated/α-hetero) is 1.